The molecule has 0 saturated carbocycles. The predicted octanol–water partition coefficient (Wildman–Crippen LogP) is 0.354. The number of nitrogens with one attached hydrogen (secondary N) is 1. The van der Waals surface area contributed by atoms with Crippen LogP contribution in [0.2, 0.25) is 0 Å². The maximum atomic E-state index is 10.7. The van der Waals surface area contributed by atoms with Crippen LogP contribution in [0.25, 0.3) is 0 Å². The Bertz CT molecular complexity index is 328. The van der Waals surface area contributed by atoms with Crippen LogP contribution in [0.4, 0.5) is 0 Å². The maximum absolute atomic E-state index is 10.7. The molecule has 0 amide bonds. The van der Waals surface area contributed by atoms with E-state index in [0.29, 0.717) is 6.42 Å². The van der Waals surface area contributed by atoms with E-state index in [2.05, 4.69) is 15.3 Å². The fourth-order valence-electron chi connectivity index (χ4n) is 1.69. The van der Waals surface area contributed by atoms with Crippen LogP contribution in [0.1, 0.15) is 24.4 Å². The summed E-state index contributed by atoms with van der Waals surface area (Å²) in [6.07, 6.45) is 6.39. The van der Waals surface area contributed by atoms with Gasteiger partial charge in [0.15, 0.2) is 0 Å². The highest BCUT2D eigenvalue weighted by molar-refractivity contribution is 5.73. The Hall–Kier alpha value is -1.49. The normalized spacial score (nSPS) is 26.3. The lowest BCUT2D eigenvalue weighted by atomic mass is 10.1. The number of rotatable bonds is 2. The summed E-state index contributed by atoms with van der Waals surface area (Å²) in [4.78, 5) is 18.5. The van der Waals surface area contributed by atoms with Gasteiger partial charge in [0.05, 0.1) is 0 Å². The molecule has 74 valence electrons. The van der Waals surface area contributed by atoms with Crippen LogP contribution in [-0.4, -0.2) is 27.1 Å². The number of aliphatic carboxylic acids is 1. The van der Waals surface area contributed by atoms with Crippen molar-refractivity contribution in [1.82, 2.24) is 15.3 Å². The van der Waals surface area contributed by atoms with Crippen LogP contribution in [0.15, 0.2) is 18.7 Å². The molecular weight excluding hydrogens is 182 g/mol. The lowest BCUT2D eigenvalue weighted by molar-refractivity contribution is -0.139. The van der Waals surface area contributed by atoms with E-state index in [-0.39, 0.29) is 6.04 Å². The molecule has 0 spiro atoms. The molecule has 1 aliphatic heterocycles. The molecule has 2 heterocycles. The van der Waals surface area contributed by atoms with E-state index >= 15 is 0 Å². The Kier molecular flexibility index (Phi) is 2.41. The number of carboxylic acids is 1. The van der Waals surface area contributed by atoms with Crippen LogP contribution in [-0.2, 0) is 4.79 Å². The van der Waals surface area contributed by atoms with Gasteiger partial charge in [0, 0.05) is 24.0 Å². The molecule has 0 radical (unpaired) electrons. The van der Waals surface area contributed by atoms with Gasteiger partial charge in [0.1, 0.15) is 12.4 Å². The summed E-state index contributed by atoms with van der Waals surface area (Å²) in [5.74, 6) is -0.788. The zero-order chi connectivity index (χ0) is 9.97. The van der Waals surface area contributed by atoms with Crippen LogP contribution in [0, 0.1) is 0 Å². The summed E-state index contributed by atoms with van der Waals surface area (Å²) in [6, 6.07) is -0.350. The van der Waals surface area contributed by atoms with Crippen LogP contribution in [0.3, 0.4) is 0 Å². The Labute approximate surface area is 81.2 Å². The summed E-state index contributed by atoms with van der Waals surface area (Å²) < 4.78 is 0. The van der Waals surface area contributed by atoms with Crippen LogP contribution < -0.4 is 5.32 Å². The molecule has 1 saturated heterocycles. The van der Waals surface area contributed by atoms with Crippen molar-refractivity contribution in [3.8, 4) is 0 Å². The minimum atomic E-state index is -0.788. The summed E-state index contributed by atoms with van der Waals surface area (Å²) in [5, 5.41) is 11.8. The highest BCUT2D eigenvalue weighted by atomic mass is 16.4. The topological polar surface area (TPSA) is 75.1 Å². The lowest BCUT2D eigenvalue weighted by Crippen LogP contribution is -2.31. The SMILES string of the molecule is O=C(O)C1CCC(c2cncnc2)N1. The smallest absolute Gasteiger partial charge is 0.320 e. The number of aromatic nitrogens is 2. The fraction of sp³-hybridized carbons (Fsp3) is 0.444. The van der Waals surface area contributed by atoms with Crippen LogP contribution in [0.5, 0.6) is 0 Å². The Balaban J connectivity index is 2.06. The molecule has 2 N–H and O–H groups in total. The first-order valence-electron chi connectivity index (χ1n) is 4.51. The van der Waals surface area contributed by atoms with Crippen molar-refractivity contribution in [3.05, 3.63) is 24.3 Å². The molecule has 1 aliphatic rings. The van der Waals surface area contributed by atoms with E-state index in [1.807, 2.05) is 0 Å². The number of nitrogens with zero attached hydrogens (tertiary/aromatic N) is 2. The van der Waals surface area contributed by atoms with Gasteiger partial charge < -0.3 is 5.11 Å². The van der Waals surface area contributed by atoms with E-state index in [1.54, 1.807) is 12.4 Å². The van der Waals surface area contributed by atoms with Gasteiger partial charge in [-0.2, -0.15) is 0 Å². The first kappa shape index (κ1) is 9.08. The van der Waals surface area contributed by atoms with Crippen molar-refractivity contribution in [2.45, 2.75) is 24.9 Å². The molecule has 5 heteroatoms. The Morgan fingerprint density at radius 2 is 2.14 bits per heavy atom. The van der Waals surface area contributed by atoms with Crippen molar-refractivity contribution < 1.29 is 9.90 Å². The molecular formula is C9H11N3O2. The third-order valence-corrected chi connectivity index (χ3v) is 2.43. The quantitative estimate of drug-likeness (QED) is 0.709. The van der Waals surface area contributed by atoms with E-state index in [1.165, 1.54) is 6.33 Å². The molecule has 2 rings (SSSR count). The van der Waals surface area contributed by atoms with Gasteiger partial charge in [-0.1, -0.05) is 0 Å². The van der Waals surface area contributed by atoms with Gasteiger partial charge in [-0.15, -0.1) is 0 Å². The van der Waals surface area contributed by atoms with E-state index in [0.717, 1.165) is 12.0 Å². The monoisotopic (exact) mass is 193 g/mol. The van der Waals surface area contributed by atoms with Gasteiger partial charge in [-0.3, -0.25) is 10.1 Å². The molecule has 1 fully saturated rings. The standard InChI is InChI=1S/C9H11N3O2/c13-9(14)8-2-1-7(12-8)6-3-10-5-11-4-6/h3-5,7-8,12H,1-2H2,(H,13,14). The lowest BCUT2D eigenvalue weighted by Gasteiger charge is -2.10. The highest BCUT2D eigenvalue weighted by Crippen LogP contribution is 2.25. The number of carbonyl (C=O) groups is 1. The average molecular weight is 193 g/mol. The Morgan fingerprint density at radius 1 is 1.43 bits per heavy atom. The zero-order valence-electron chi connectivity index (χ0n) is 7.55. The van der Waals surface area contributed by atoms with E-state index < -0.39 is 12.0 Å². The molecule has 14 heavy (non-hydrogen) atoms. The predicted molar refractivity (Wildman–Crippen MR) is 48.6 cm³/mol. The summed E-state index contributed by atoms with van der Waals surface area (Å²) in [6.45, 7) is 0. The van der Waals surface area contributed by atoms with Crippen molar-refractivity contribution in [2.75, 3.05) is 0 Å². The van der Waals surface area contributed by atoms with E-state index in [4.69, 9.17) is 5.11 Å². The second kappa shape index (κ2) is 3.71. The molecule has 1 aromatic rings. The molecule has 1 aromatic heterocycles. The van der Waals surface area contributed by atoms with Gasteiger partial charge in [0.25, 0.3) is 0 Å². The first-order chi connectivity index (χ1) is 6.77. The van der Waals surface area contributed by atoms with Crippen molar-refractivity contribution in [3.63, 3.8) is 0 Å². The number of carboxylic acid groups (broad SMARTS) is 1. The molecule has 0 aliphatic carbocycles. The van der Waals surface area contributed by atoms with Gasteiger partial charge in [-0.25, -0.2) is 9.97 Å². The third kappa shape index (κ3) is 1.72. The molecule has 0 bridgehead atoms. The maximum Gasteiger partial charge on any atom is 0.320 e. The molecule has 0 aromatic carbocycles. The average Bonchev–Trinajstić information content (AvgIpc) is 2.68. The van der Waals surface area contributed by atoms with Crippen LogP contribution >= 0.6 is 0 Å². The van der Waals surface area contributed by atoms with E-state index in [9.17, 15) is 4.79 Å². The molecule has 2 unspecified atom stereocenters. The highest BCUT2D eigenvalue weighted by Gasteiger charge is 2.29. The van der Waals surface area contributed by atoms with Gasteiger partial charge >= 0.3 is 5.97 Å². The summed E-state index contributed by atoms with van der Waals surface area (Å²) >= 11 is 0. The number of hydrogen-bond donors (Lipinski definition) is 2. The molecule has 5 nitrogen and oxygen atoms in total. The van der Waals surface area contributed by atoms with Crippen molar-refractivity contribution in [1.29, 1.82) is 0 Å². The molecule has 2 atom stereocenters. The number of hydrogen-bond acceptors (Lipinski definition) is 4. The van der Waals surface area contributed by atoms with Gasteiger partial charge in [-0.05, 0) is 12.8 Å². The fourth-order valence-corrected chi connectivity index (χ4v) is 1.69. The minimum Gasteiger partial charge on any atom is -0.480 e. The van der Waals surface area contributed by atoms with Crippen molar-refractivity contribution in [2.24, 2.45) is 0 Å². The zero-order valence-corrected chi connectivity index (χ0v) is 7.55. The second-order valence-corrected chi connectivity index (χ2v) is 3.36. The van der Waals surface area contributed by atoms with Gasteiger partial charge in [0.2, 0.25) is 0 Å². The largest absolute Gasteiger partial charge is 0.480 e. The minimum absolute atomic E-state index is 0.0808. The second-order valence-electron chi connectivity index (χ2n) is 3.36. The van der Waals surface area contributed by atoms with Crippen molar-refractivity contribution >= 4 is 5.97 Å². The summed E-state index contributed by atoms with van der Waals surface area (Å²) in [5.41, 5.74) is 0.955. The first-order valence-corrected chi connectivity index (χ1v) is 4.51. The Morgan fingerprint density at radius 3 is 2.71 bits per heavy atom. The summed E-state index contributed by atoms with van der Waals surface area (Å²) in [7, 11) is 0. The third-order valence-electron chi connectivity index (χ3n) is 2.43.